The Kier molecular flexibility index (Phi) is 8.33. The minimum Gasteiger partial charge on any atom is -0.484 e. The van der Waals surface area contributed by atoms with E-state index in [1.807, 2.05) is 69.3 Å². The topological polar surface area (TPSA) is 76.5 Å². The van der Waals surface area contributed by atoms with Crippen LogP contribution in [0.2, 0.25) is 0 Å². The molecule has 7 nitrogen and oxygen atoms in total. The van der Waals surface area contributed by atoms with E-state index in [1.54, 1.807) is 21.7 Å². The van der Waals surface area contributed by atoms with Gasteiger partial charge in [-0.25, -0.2) is 4.68 Å². The number of aromatic nitrogens is 2. The Hall–Kier alpha value is -3.61. The van der Waals surface area contributed by atoms with Gasteiger partial charge >= 0.3 is 0 Å². The first-order valence-corrected chi connectivity index (χ1v) is 12.0. The lowest BCUT2D eigenvalue weighted by Gasteiger charge is -2.24. The van der Waals surface area contributed by atoms with Crippen LogP contribution in [0.4, 0.5) is 5.82 Å². The summed E-state index contributed by atoms with van der Waals surface area (Å²) < 4.78 is 7.39. The smallest absolute Gasteiger partial charge is 0.260 e. The predicted octanol–water partition coefficient (Wildman–Crippen LogP) is 4.98. The standard InChI is InChI=1S/C28H36N4O3/c1-20(2)17-31(27(34)19-35-22-13-8-7-9-14-22)18-26(33)29-25-16-24(28(4,5)6)30-32(25)23-15-11-10-12-21(23)3/h7-16,20H,17-19H2,1-6H3,(H,29,33). The summed E-state index contributed by atoms with van der Waals surface area (Å²) in [5.74, 6) is 0.876. The highest BCUT2D eigenvalue weighted by atomic mass is 16.5. The molecule has 35 heavy (non-hydrogen) atoms. The van der Waals surface area contributed by atoms with Crippen molar-refractivity contribution in [2.45, 2.75) is 47.0 Å². The van der Waals surface area contributed by atoms with Crippen molar-refractivity contribution in [2.24, 2.45) is 5.92 Å². The van der Waals surface area contributed by atoms with Crippen LogP contribution in [-0.2, 0) is 15.0 Å². The first-order chi connectivity index (χ1) is 16.5. The van der Waals surface area contributed by atoms with Crippen LogP contribution >= 0.6 is 0 Å². The third kappa shape index (κ3) is 7.18. The fourth-order valence-corrected chi connectivity index (χ4v) is 3.63. The van der Waals surface area contributed by atoms with Gasteiger partial charge in [0.25, 0.3) is 5.91 Å². The van der Waals surface area contributed by atoms with Gasteiger partial charge in [-0.2, -0.15) is 5.10 Å². The lowest BCUT2D eigenvalue weighted by Crippen LogP contribution is -2.42. The number of hydrogen-bond donors (Lipinski definition) is 1. The molecule has 0 saturated heterocycles. The maximum absolute atomic E-state index is 13.1. The summed E-state index contributed by atoms with van der Waals surface area (Å²) in [6.45, 7) is 12.5. The minimum atomic E-state index is -0.283. The second-order valence-electron chi connectivity index (χ2n) is 10.2. The van der Waals surface area contributed by atoms with Crippen molar-refractivity contribution < 1.29 is 14.3 Å². The van der Waals surface area contributed by atoms with Crippen LogP contribution < -0.4 is 10.1 Å². The lowest BCUT2D eigenvalue weighted by atomic mass is 9.92. The number of para-hydroxylation sites is 2. The molecule has 0 aliphatic carbocycles. The largest absolute Gasteiger partial charge is 0.484 e. The van der Waals surface area contributed by atoms with Gasteiger partial charge in [-0.1, -0.05) is 71.0 Å². The molecule has 0 spiro atoms. The van der Waals surface area contributed by atoms with Gasteiger partial charge in [-0.05, 0) is 36.6 Å². The Bertz CT molecular complexity index is 1150. The summed E-state index contributed by atoms with van der Waals surface area (Å²) in [6.07, 6.45) is 0. The van der Waals surface area contributed by atoms with Crippen LogP contribution in [0, 0.1) is 12.8 Å². The molecule has 7 heteroatoms. The Labute approximate surface area is 208 Å². The molecular formula is C28H36N4O3. The van der Waals surface area contributed by atoms with E-state index in [0.29, 0.717) is 18.1 Å². The van der Waals surface area contributed by atoms with Crippen molar-refractivity contribution in [3.63, 3.8) is 0 Å². The first-order valence-electron chi connectivity index (χ1n) is 12.0. The fourth-order valence-electron chi connectivity index (χ4n) is 3.63. The second-order valence-corrected chi connectivity index (χ2v) is 10.2. The number of anilines is 1. The van der Waals surface area contributed by atoms with Gasteiger partial charge in [0.15, 0.2) is 6.61 Å². The van der Waals surface area contributed by atoms with Gasteiger partial charge in [-0.3, -0.25) is 9.59 Å². The molecular weight excluding hydrogens is 440 g/mol. The van der Waals surface area contributed by atoms with Crippen LogP contribution in [0.25, 0.3) is 5.69 Å². The van der Waals surface area contributed by atoms with E-state index in [-0.39, 0.29) is 36.3 Å². The molecule has 0 bridgehead atoms. The zero-order valence-corrected chi connectivity index (χ0v) is 21.5. The second kappa shape index (κ2) is 11.2. The third-order valence-electron chi connectivity index (χ3n) is 5.47. The number of carbonyl (C=O) groups excluding carboxylic acids is 2. The van der Waals surface area contributed by atoms with E-state index in [0.717, 1.165) is 16.9 Å². The van der Waals surface area contributed by atoms with E-state index in [4.69, 9.17) is 9.84 Å². The first kappa shape index (κ1) is 26.0. The van der Waals surface area contributed by atoms with Crippen LogP contribution in [0.15, 0.2) is 60.7 Å². The SMILES string of the molecule is Cc1ccccc1-n1nc(C(C)(C)C)cc1NC(=O)CN(CC(C)C)C(=O)COc1ccccc1. The molecule has 1 heterocycles. The molecule has 0 aliphatic heterocycles. The Morgan fingerprint density at radius 3 is 2.34 bits per heavy atom. The monoisotopic (exact) mass is 476 g/mol. The average Bonchev–Trinajstić information content (AvgIpc) is 3.21. The van der Waals surface area contributed by atoms with Gasteiger partial charge in [-0.15, -0.1) is 0 Å². The van der Waals surface area contributed by atoms with Crippen LogP contribution in [0.5, 0.6) is 5.75 Å². The van der Waals surface area contributed by atoms with Crippen LogP contribution in [0.3, 0.4) is 0 Å². The average molecular weight is 477 g/mol. The molecule has 186 valence electrons. The number of hydrogen-bond acceptors (Lipinski definition) is 4. The van der Waals surface area contributed by atoms with Crippen LogP contribution in [0.1, 0.15) is 45.9 Å². The molecule has 0 radical (unpaired) electrons. The van der Waals surface area contributed by atoms with E-state index in [2.05, 4.69) is 26.1 Å². The summed E-state index contributed by atoms with van der Waals surface area (Å²) in [7, 11) is 0. The molecule has 2 aromatic carbocycles. The summed E-state index contributed by atoms with van der Waals surface area (Å²) >= 11 is 0. The zero-order valence-electron chi connectivity index (χ0n) is 21.5. The van der Waals surface area contributed by atoms with Gasteiger partial charge in [0.1, 0.15) is 18.1 Å². The van der Waals surface area contributed by atoms with Gasteiger partial charge in [0.2, 0.25) is 5.91 Å². The fraction of sp³-hybridized carbons (Fsp3) is 0.393. The number of nitrogens with one attached hydrogen (secondary N) is 1. The Balaban J connectivity index is 1.78. The summed E-state index contributed by atoms with van der Waals surface area (Å²) in [4.78, 5) is 27.6. The molecule has 0 unspecified atom stereocenters. The number of benzene rings is 2. The van der Waals surface area contributed by atoms with Crippen molar-refractivity contribution in [2.75, 3.05) is 25.0 Å². The van der Waals surface area contributed by atoms with Gasteiger partial charge in [0, 0.05) is 18.0 Å². The highest BCUT2D eigenvalue weighted by molar-refractivity contribution is 5.94. The number of rotatable bonds is 9. The normalized spacial score (nSPS) is 11.4. The van der Waals surface area contributed by atoms with Crippen molar-refractivity contribution in [1.82, 2.24) is 14.7 Å². The van der Waals surface area contributed by atoms with E-state index in [9.17, 15) is 9.59 Å². The number of aryl methyl sites for hydroxylation is 1. The number of nitrogens with zero attached hydrogens (tertiary/aromatic N) is 3. The predicted molar refractivity (Wildman–Crippen MR) is 139 cm³/mol. The Morgan fingerprint density at radius 1 is 1.06 bits per heavy atom. The highest BCUT2D eigenvalue weighted by Crippen LogP contribution is 2.27. The lowest BCUT2D eigenvalue weighted by molar-refractivity contribution is -0.137. The molecule has 2 amide bonds. The maximum Gasteiger partial charge on any atom is 0.260 e. The quantitative estimate of drug-likeness (QED) is 0.473. The Morgan fingerprint density at radius 2 is 1.71 bits per heavy atom. The van der Waals surface area contributed by atoms with Crippen molar-refractivity contribution in [3.05, 3.63) is 71.9 Å². The molecule has 0 atom stereocenters. The van der Waals surface area contributed by atoms with Crippen LogP contribution in [-0.4, -0.2) is 46.2 Å². The molecule has 3 rings (SSSR count). The molecule has 0 fully saturated rings. The van der Waals surface area contributed by atoms with Crippen molar-refractivity contribution >= 4 is 17.6 Å². The molecule has 0 aliphatic rings. The molecule has 3 aromatic rings. The summed E-state index contributed by atoms with van der Waals surface area (Å²) in [5.41, 5.74) is 2.61. The molecule has 1 N–H and O–H groups in total. The maximum atomic E-state index is 13.1. The van der Waals surface area contributed by atoms with E-state index < -0.39 is 0 Å². The third-order valence-corrected chi connectivity index (χ3v) is 5.47. The molecule has 0 saturated carbocycles. The number of ether oxygens (including phenoxy) is 1. The minimum absolute atomic E-state index is 0.0705. The summed E-state index contributed by atoms with van der Waals surface area (Å²) in [6, 6.07) is 19.0. The highest BCUT2D eigenvalue weighted by Gasteiger charge is 2.24. The number of carbonyl (C=O) groups is 2. The van der Waals surface area contributed by atoms with Gasteiger partial charge < -0.3 is 15.0 Å². The number of amides is 2. The van der Waals surface area contributed by atoms with E-state index >= 15 is 0 Å². The van der Waals surface area contributed by atoms with Crippen molar-refractivity contribution in [3.8, 4) is 11.4 Å². The molecule has 1 aromatic heterocycles. The van der Waals surface area contributed by atoms with Gasteiger partial charge in [0.05, 0.1) is 11.4 Å². The van der Waals surface area contributed by atoms with Crippen molar-refractivity contribution in [1.29, 1.82) is 0 Å². The summed E-state index contributed by atoms with van der Waals surface area (Å²) in [5, 5.41) is 7.78. The zero-order chi connectivity index (χ0) is 25.6. The van der Waals surface area contributed by atoms with E-state index in [1.165, 1.54) is 0 Å².